The number of hydrogen-bond donors (Lipinski definition) is 7. The zero-order valence-corrected chi connectivity index (χ0v) is 21.4. The average molecular weight is 593 g/mol. The second-order valence-electron chi connectivity index (χ2n) is 7.47. The van der Waals surface area contributed by atoms with E-state index in [1.165, 1.54) is 16.8 Å². The molecule has 0 aromatic carbocycles. The molecule has 1 aliphatic heterocycles. The molecule has 8 N–H and O–H groups in total. The Bertz CT molecular complexity index is 1400. The Labute approximate surface area is 206 Å². The van der Waals surface area contributed by atoms with Gasteiger partial charge in [-0.25, -0.2) is 13.7 Å². The number of ether oxygens (including phenoxy) is 1. The van der Waals surface area contributed by atoms with Gasteiger partial charge in [-0.15, -0.1) is 6.42 Å². The molecule has 0 amide bonds. The van der Waals surface area contributed by atoms with Crippen LogP contribution in [-0.2, 0) is 31.6 Å². The molecule has 0 aliphatic carbocycles. The van der Waals surface area contributed by atoms with Gasteiger partial charge in [0.05, 0.1) is 24.2 Å². The molecule has 2 aromatic heterocycles. The van der Waals surface area contributed by atoms with E-state index in [2.05, 4.69) is 24.5 Å². The van der Waals surface area contributed by atoms with Gasteiger partial charge in [0.1, 0.15) is 0 Å². The minimum atomic E-state index is -5.77. The third-order valence-corrected chi connectivity index (χ3v) is 9.53. The fraction of sp³-hybridized carbons (Fsp3) is 0.467. The number of terminal acetylenes is 1. The lowest BCUT2D eigenvalue weighted by molar-refractivity contribution is -0.0640. The van der Waals surface area contributed by atoms with Gasteiger partial charge >= 0.3 is 23.5 Å². The van der Waals surface area contributed by atoms with Crippen molar-refractivity contribution in [1.29, 1.82) is 0 Å². The highest BCUT2D eigenvalue weighted by atomic mass is 35.5. The quantitative estimate of drug-likeness (QED) is 0.116. The second-order valence-corrected chi connectivity index (χ2v) is 12.5. The SMILES string of the molecule is C#CC1(Cl)C(CO)[C@@H]([C@@H](C)OP(=O)(O)OP(=O)(O)OP(=O)(O)O)O[C@H]1n1ccc2c(=O)[nH]c(N)nc21. The zero-order chi connectivity index (χ0) is 27.3. The first-order valence-electron chi connectivity index (χ1n) is 9.54. The number of anilines is 1. The highest BCUT2D eigenvalue weighted by Crippen LogP contribution is 2.67. The molecule has 3 heterocycles. The normalized spacial score (nSPS) is 28.9. The number of phosphoric ester groups is 1. The highest BCUT2D eigenvalue weighted by Gasteiger charge is 2.58. The minimum Gasteiger partial charge on any atom is -0.396 e. The second kappa shape index (κ2) is 9.94. The number of alkyl halides is 1. The molecule has 200 valence electrons. The van der Waals surface area contributed by atoms with E-state index in [0.29, 0.717) is 0 Å². The number of aromatic nitrogens is 3. The van der Waals surface area contributed by atoms with Gasteiger partial charge in [-0.1, -0.05) is 17.5 Å². The van der Waals surface area contributed by atoms with Gasteiger partial charge in [0.25, 0.3) is 5.56 Å². The van der Waals surface area contributed by atoms with Crippen LogP contribution in [-0.4, -0.2) is 62.9 Å². The summed E-state index contributed by atoms with van der Waals surface area (Å²) in [5, 5.41) is 10.1. The zero-order valence-electron chi connectivity index (χ0n) is 17.9. The van der Waals surface area contributed by atoms with Crippen molar-refractivity contribution < 1.29 is 56.3 Å². The van der Waals surface area contributed by atoms with E-state index in [1.807, 2.05) is 0 Å². The van der Waals surface area contributed by atoms with Gasteiger partial charge in [-0.2, -0.15) is 13.6 Å². The number of fused-ring (bicyclic) bond motifs is 1. The smallest absolute Gasteiger partial charge is 0.396 e. The molecule has 0 radical (unpaired) electrons. The van der Waals surface area contributed by atoms with Crippen LogP contribution in [0.25, 0.3) is 11.0 Å². The molecule has 1 saturated heterocycles. The maximum atomic E-state index is 12.3. The summed E-state index contributed by atoms with van der Waals surface area (Å²) in [5.41, 5.74) is 5.05. The molecule has 2 aromatic rings. The van der Waals surface area contributed by atoms with Gasteiger partial charge in [-0.3, -0.25) is 14.3 Å². The molecular weight excluding hydrogens is 573 g/mol. The standard InChI is InChI=1S/C15H20ClN4O13P3/c1-3-15(16)9(6-21)10(7(2)31-35(26,27)33-36(28,29)32-34(23,24)25)30-13(15)20-5-4-8-11(20)18-14(17)19-12(8)22/h1,4-5,7,9-10,13,21H,6H2,2H3,(H,26,27)(H,28,29)(H2,23,24,25)(H3,17,18,19,22)/t7-,9?,10-,13-,15?/m1/s1. The van der Waals surface area contributed by atoms with E-state index >= 15 is 0 Å². The maximum absolute atomic E-state index is 12.3. The van der Waals surface area contributed by atoms with E-state index in [1.54, 1.807) is 0 Å². The van der Waals surface area contributed by atoms with E-state index in [9.17, 15) is 33.4 Å². The lowest BCUT2D eigenvalue weighted by Gasteiger charge is -2.29. The summed E-state index contributed by atoms with van der Waals surface area (Å²) in [4.78, 5) is 53.1. The summed E-state index contributed by atoms with van der Waals surface area (Å²) in [6, 6.07) is 1.37. The number of halogens is 1. The topological polar surface area (TPSA) is 266 Å². The first kappa shape index (κ1) is 29.0. The van der Waals surface area contributed by atoms with Crippen molar-refractivity contribution in [3.63, 3.8) is 0 Å². The number of aliphatic hydroxyl groups is 1. The largest absolute Gasteiger partial charge is 0.490 e. The Balaban J connectivity index is 1.93. The number of nitrogens with two attached hydrogens (primary N) is 1. The minimum absolute atomic E-state index is 0.0133. The molecule has 17 nitrogen and oxygen atoms in total. The van der Waals surface area contributed by atoms with Crippen LogP contribution in [0, 0.1) is 18.3 Å². The molecule has 4 unspecified atom stereocenters. The summed E-state index contributed by atoms with van der Waals surface area (Å²) in [7, 11) is -16.9. The number of nitrogen functional groups attached to an aromatic ring is 1. The molecule has 36 heavy (non-hydrogen) atoms. The first-order valence-corrected chi connectivity index (χ1v) is 14.4. The number of nitrogens with zero attached hydrogens (tertiary/aromatic N) is 2. The van der Waals surface area contributed by atoms with Crippen molar-refractivity contribution in [1.82, 2.24) is 14.5 Å². The van der Waals surface area contributed by atoms with Crippen molar-refractivity contribution >= 4 is 52.1 Å². The Kier molecular flexibility index (Phi) is 7.99. The van der Waals surface area contributed by atoms with Crippen molar-refractivity contribution in [2.75, 3.05) is 12.3 Å². The van der Waals surface area contributed by atoms with E-state index in [-0.39, 0.29) is 17.0 Å². The number of aromatic amines is 1. The number of H-pyrrole nitrogens is 1. The molecule has 7 atom stereocenters. The summed E-state index contributed by atoms with van der Waals surface area (Å²) in [6.07, 6.45) is 2.72. The van der Waals surface area contributed by atoms with Crippen LogP contribution >= 0.6 is 35.1 Å². The highest BCUT2D eigenvalue weighted by molar-refractivity contribution is 7.66. The molecule has 3 rings (SSSR count). The van der Waals surface area contributed by atoms with Gasteiger partial charge in [-0.05, 0) is 13.0 Å². The van der Waals surface area contributed by atoms with Crippen LogP contribution in [0.2, 0.25) is 0 Å². The third-order valence-electron chi connectivity index (χ3n) is 5.03. The number of rotatable bonds is 9. The van der Waals surface area contributed by atoms with Crippen LogP contribution in [0.3, 0.4) is 0 Å². The van der Waals surface area contributed by atoms with Crippen molar-refractivity contribution in [2.24, 2.45) is 5.92 Å². The monoisotopic (exact) mass is 592 g/mol. The lowest BCUT2D eigenvalue weighted by Crippen LogP contribution is -2.41. The summed E-state index contributed by atoms with van der Waals surface area (Å²) in [5.74, 6) is 0.856. The van der Waals surface area contributed by atoms with Crippen LogP contribution in [0.4, 0.5) is 5.95 Å². The predicted molar refractivity (Wildman–Crippen MR) is 121 cm³/mol. The van der Waals surface area contributed by atoms with Crippen LogP contribution in [0.5, 0.6) is 0 Å². The van der Waals surface area contributed by atoms with Crippen molar-refractivity contribution in [3.8, 4) is 12.3 Å². The maximum Gasteiger partial charge on any atom is 0.490 e. The van der Waals surface area contributed by atoms with E-state index in [4.69, 9.17) is 42.8 Å². The van der Waals surface area contributed by atoms with Gasteiger partial charge < -0.3 is 39.7 Å². The van der Waals surface area contributed by atoms with Gasteiger partial charge in [0, 0.05) is 12.1 Å². The van der Waals surface area contributed by atoms with Crippen molar-refractivity contribution in [3.05, 3.63) is 22.6 Å². The van der Waals surface area contributed by atoms with Crippen LogP contribution < -0.4 is 11.3 Å². The molecular formula is C15H20ClN4O13P3. The third kappa shape index (κ3) is 5.93. The average Bonchev–Trinajstić information content (AvgIpc) is 3.23. The van der Waals surface area contributed by atoms with Gasteiger partial charge in [0.15, 0.2) is 16.7 Å². The number of aliphatic hydroxyl groups excluding tert-OH is 1. The molecule has 21 heteroatoms. The summed E-state index contributed by atoms with van der Waals surface area (Å²) >= 11 is 6.65. The molecule has 0 spiro atoms. The van der Waals surface area contributed by atoms with E-state index in [0.717, 1.165) is 6.92 Å². The fourth-order valence-corrected chi connectivity index (χ4v) is 7.25. The van der Waals surface area contributed by atoms with Crippen LogP contribution in [0.15, 0.2) is 17.1 Å². The number of nitrogens with one attached hydrogen (secondary N) is 1. The Morgan fingerprint density at radius 2 is 1.97 bits per heavy atom. The van der Waals surface area contributed by atoms with E-state index < -0.39 is 64.9 Å². The fourth-order valence-electron chi connectivity index (χ4n) is 3.70. The molecule has 0 saturated carbocycles. The molecule has 0 bridgehead atoms. The number of phosphoric acid groups is 3. The molecule has 1 aliphatic rings. The first-order chi connectivity index (χ1) is 16.4. The molecule has 1 fully saturated rings. The summed E-state index contributed by atoms with van der Waals surface area (Å²) < 4.78 is 53.9. The lowest BCUT2D eigenvalue weighted by atomic mass is 9.87. The van der Waals surface area contributed by atoms with Crippen molar-refractivity contribution in [2.45, 2.75) is 30.2 Å². The van der Waals surface area contributed by atoms with Gasteiger partial charge in [0.2, 0.25) is 5.95 Å². The Morgan fingerprint density at radius 1 is 1.33 bits per heavy atom. The Hall–Kier alpha value is -1.60. The number of hydrogen-bond acceptors (Lipinski definition) is 11. The van der Waals surface area contributed by atoms with Crippen LogP contribution in [0.1, 0.15) is 13.2 Å². The Morgan fingerprint density at radius 3 is 2.53 bits per heavy atom. The predicted octanol–water partition coefficient (Wildman–Crippen LogP) is 0.155. The summed E-state index contributed by atoms with van der Waals surface area (Å²) in [6.45, 7) is 0.394.